The van der Waals surface area contributed by atoms with Crippen LogP contribution in [0.2, 0.25) is 0 Å². The number of carbonyl (C=O) groups excluding carboxylic acids is 1. The summed E-state index contributed by atoms with van der Waals surface area (Å²) in [4.78, 5) is 14.9. The van der Waals surface area contributed by atoms with E-state index in [1.54, 1.807) is 0 Å². The molecule has 0 bridgehead atoms. The van der Waals surface area contributed by atoms with E-state index in [-0.39, 0.29) is 17.4 Å². The van der Waals surface area contributed by atoms with Crippen molar-refractivity contribution in [1.29, 1.82) is 0 Å². The molecule has 3 unspecified atom stereocenters. The average molecular weight is 471 g/mol. The molecular formula is C24H44BrN3O. The monoisotopic (exact) mass is 469 g/mol. The molecule has 0 radical (unpaired) electrons. The second-order valence-corrected chi connectivity index (χ2v) is 10.8. The molecule has 0 aromatic heterocycles. The molecule has 1 aliphatic rings. The number of hydrazone groups is 1. The van der Waals surface area contributed by atoms with Gasteiger partial charge in [0.2, 0.25) is 5.91 Å². The molecule has 4 nitrogen and oxygen atoms in total. The molecule has 1 heterocycles. The first kappa shape index (κ1) is 26.2. The molecule has 3 atom stereocenters. The largest absolute Gasteiger partial charge is 0.338 e. The van der Waals surface area contributed by atoms with Gasteiger partial charge in [-0.25, -0.2) is 0 Å². The van der Waals surface area contributed by atoms with Crippen LogP contribution in [0.5, 0.6) is 0 Å². The molecule has 0 N–H and O–H groups in total. The molecule has 0 spiro atoms. The van der Waals surface area contributed by atoms with Crippen molar-refractivity contribution in [3.63, 3.8) is 0 Å². The summed E-state index contributed by atoms with van der Waals surface area (Å²) in [5, 5.41) is 7.28. The summed E-state index contributed by atoms with van der Waals surface area (Å²) in [5.74, 6) is 0.955. The van der Waals surface area contributed by atoms with Gasteiger partial charge < -0.3 is 4.90 Å². The van der Waals surface area contributed by atoms with Crippen LogP contribution in [-0.4, -0.2) is 45.6 Å². The lowest BCUT2D eigenvalue weighted by atomic mass is 9.91. The Morgan fingerprint density at radius 2 is 1.93 bits per heavy atom. The number of amides is 1. The van der Waals surface area contributed by atoms with E-state index in [2.05, 4.69) is 76.0 Å². The maximum Gasteiger partial charge on any atom is 0.223 e. The molecular weight excluding hydrogens is 426 g/mol. The highest BCUT2D eigenvalue weighted by Crippen LogP contribution is 2.26. The predicted octanol–water partition coefficient (Wildman–Crippen LogP) is 6.61. The molecule has 5 heteroatoms. The van der Waals surface area contributed by atoms with Crippen molar-refractivity contribution in [2.45, 2.75) is 105 Å². The zero-order chi connectivity index (χ0) is 22.2. The van der Waals surface area contributed by atoms with Crippen molar-refractivity contribution in [2.75, 3.05) is 13.1 Å². The molecule has 1 rings (SSSR count). The molecule has 0 saturated heterocycles. The summed E-state index contributed by atoms with van der Waals surface area (Å²) in [5.41, 5.74) is 0.866. The van der Waals surface area contributed by atoms with Gasteiger partial charge in [-0.15, -0.1) is 0 Å². The Hall–Kier alpha value is -0.840. The summed E-state index contributed by atoms with van der Waals surface area (Å²) >= 11 is 3.66. The molecule has 0 aromatic rings. The fourth-order valence-corrected chi connectivity index (χ4v) is 4.07. The van der Waals surface area contributed by atoms with Crippen molar-refractivity contribution < 1.29 is 4.79 Å². The highest BCUT2D eigenvalue weighted by Gasteiger charge is 2.28. The van der Waals surface area contributed by atoms with Crippen LogP contribution in [0.15, 0.2) is 17.3 Å². The summed E-state index contributed by atoms with van der Waals surface area (Å²) in [7, 11) is 0. The molecule has 1 aliphatic heterocycles. The molecule has 0 saturated carbocycles. The van der Waals surface area contributed by atoms with Gasteiger partial charge in [0.05, 0.1) is 0 Å². The quantitative estimate of drug-likeness (QED) is 0.400. The molecule has 0 aliphatic carbocycles. The zero-order valence-electron chi connectivity index (χ0n) is 19.9. The van der Waals surface area contributed by atoms with Crippen molar-refractivity contribution >= 4 is 26.5 Å². The Bertz CT molecular complexity index is 567. The number of rotatable bonds is 8. The molecule has 29 heavy (non-hydrogen) atoms. The number of halogens is 1. The summed E-state index contributed by atoms with van der Waals surface area (Å²) < 4.78 is 0.782. The topological polar surface area (TPSA) is 35.9 Å². The summed E-state index contributed by atoms with van der Waals surface area (Å²) in [6.07, 6.45) is 7.40. The van der Waals surface area contributed by atoms with Crippen molar-refractivity contribution in [1.82, 2.24) is 9.91 Å². The van der Waals surface area contributed by atoms with E-state index in [0.717, 1.165) is 48.3 Å². The Morgan fingerprint density at radius 3 is 2.48 bits per heavy atom. The number of carbonyl (C=O) groups is 1. The summed E-state index contributed by atoms with van der Waals surface area (Å²) in [6.45, 7) is 21.0. The van der Waals surface area contributed by atoms with Crippen LogP contribution >= 0.6 is 15.9 Å². The Kier molecular flexibility index (Phi) is 10.9. The average Bonchev–Trinajstić information content (AvgIpc) is 2.68. The van der Waals surface area contributed by atoms with Crippen LogP contribution in [-0.2, 0) is 4.79 Å². The van der Waals surface area contributed by atoms with Gasteiger partial charge >= 0.3 is 0 Å². The first-order valence-electron chi connectivity index (χ1n) is 11.5. The lowest BCUT2D eigenvalue weighted by Gasteiger charge is -2.35. The third-order valence-corrected chi connectivity index (χ3v) is 6.58. The van der Waals surface area contributed by atoms with Crippen LogP contribution in [0.1, 0.15) is 93.4 Å². The fourth-order valence-electron chi connectivity index (χ4n) is 3.76. The van der Waals surface area contributed by atoms with E-state index >= 15 is 0 Å². The maximum atomic E-state index is 12.9. The van der Waals surface area contributed by atoms with E-state index in [1.807, 2.05) is 4.90 Å². The molecule has 0 aromatic carbocycles. The van der Waals surface area contributed by atoms with Crippen LogP contribution in [0.4, 0.5) is 0 Å². The van der Waals surface area contributed by atoms with E-state index < -0.39 is 0 Å². The minimum absolute atomic E-state index is 0.0119. The van der Waals surface area contributed by atoms with Gasteiger partial charge in [0, 0.05) is 31.6 Å². The lowest BCUT2D eigenvalue weighted by molar-refractivity contribution is -0.132. The molecule has 0 fully saturated rings. The highest BCUT2D eigenvalue weighted by atomic mass is 79.9. The first-order valence-corrected chi connectivity index (χ1v) is 12.3. The first-order chi connectivity index (χ1) is 13.5. The third-order valence-electron chi connectivity index (χ3n) is 5.87. The molecule has 1 amide bonds. The van der Waals surface area contributed by atoms with Gasteiger partial charge in [-0.05, 0) is 65.4 Å². The van der Waals surface area contributed by atoms with Crippen molar-refractivity contribution in [3.05, 3.63) is 12.2 Å². The van der Waals surface area contributed by atoms with Crippen LogP contribution in [0.3, 0.4) is 0 Å². The van der Waals surface area contributed by atoms with Gasteiger partial charge in [0.25, 0.3) is 0 Å². The van der Waals surface area contributed by atoms with Gasteiger partial charge in [0.1, 0.15) is 4.62 Å². The smallest absolute Gasteiger partial charge is 0.223 e. The predicted molar refractivity (Wildman–Crippen MR) is 129 cm³/mol. The van der Waals surface area contributed by atoms with E-state index in [0.29, 0.717) is 19.0 Å². The number of hydrogen-bond acceptors (Lipinski definition) is 3. The SMILES string of the molecule is C=C1CN(C(=O)CC(C)(C)C)CCC(C)N(C(CCC)CCC(C)CC)/N=C\1Br. The van der Waals surface area contributed by atoms with Gasteiger partial charge in [0.15, 0.2) is 0 Å². The van der Waals surface area contributed by atoms with Crippen molar-refractivity contribution in [3.8, 4) is 0 Å². The standard InChI is InChI=1S/C24H44BrN3O/c1-9-11-21(13-12-18(3)10-2)28-20(5)14-15-27(17-19(4)23(25)26-28)22(29)16-24(6,7)8/h18,20-21H,4,9-17H2,1-3,5-8H3/b26-23+. The molecule has 168 valence electrons. The minimum Gasteiger partial charge on any atom is -0.338 e. The second-order valence-electron chi connectivity index (χ2n) is 10.1. The maximum absolute atomic E-state index is 12.9. The Morgan fingerprint density at radius 1 is 1.28 bits per heavy atom. The fraction of sp³-hybridized carbons (Fsp3) is 0.833. The lowest BCUT2D eigenvalue weighted by Crippen LogP contribution is -2.41. The van der Waals surface area contributed by atoms with Gasteiger partial charge in [-0.1, -0.05) is 61.0 Å². The van der Waals surface area contributed by atoms with Crippen molar-refractivity contribution in [2.24, 2.45) is 16.4 Å². The number of hydrogen-bond donors (Lipinski definition) is 0. The van der Waals surface area contributed by atoms with Crippen LogP contribution in [0.25, 0.3) is 0 Å². The number of nitrogens with zero attached hydrogens (tertiary/aromatic N) is 3. The summed E-state index contributed by atoms with van der Waals surface area (Å²) in [6, 6.07) is 0.716. The van der Waals surface area contributed by atoms with Gasteiger partial charge in [-0.2, -0.15) is 5.10 Å². The van der Waals surface area contributed by atoms with Crippen LogP contribution in [0, 0.1) is 11.3 Å². The van der Waals surface area contributed by atoms with Gasteiger partial charge in [-0.3, -0.25) is 9.80 Å². The zero-order valence-corrected chi connectivity index (χ0v) is 21.5. The normalized spacial score (nSPS) is 23.0. The van der Waals surface area contributed by atoms with E-state index in [1.165, 1.54) is 12.8 Å². The Balaban J connectivity index is 3.02. The highest BCUT2D eigenvalue weighted by molar-refractivity contribution is 9.18. The van der Waals surface area contributed by atoms with E-state index in [9.17, 15) is 4.79 Å². The second kappa shape index (κ2) is 12.1. The third kappa shape index (κ3) is 9.23. The van der Waals surface area contributed by atoms with Crippen LogP contribution < -0.4 is 0 Å². The van der Waals surface area contributed by atoms with E-state index in [4.69, 9.17) is 5.10 Å². The Labute approximate surface area is 188 Å². The minimum atomic E-state index is -0.0119.